The zero-order valence-electron chi connectivity index (χ0n) is 13.9. The topological polar surface area (TPSA) is 34.1 Å². The van der Waals surface area contributed by atoms with Crippen LogP contribution in [0.25, 0.3) is 0 Å². The number of carbonyl (C=O) groups excluding carboxylic acids is 2. The summed E-state index contributed by atoms with van der Waals surface area (Å²) in [5, 5.41) is 0. The fraction of sp³-hybridized carbons (Fsp3) is 0.889. The molecule has 10 rings (SSSR count). The molecular formula is C18H24FeO2Si. The van der Waals surface area contributed by atoms with Crippen molar-refractivity contribution in [3.8, 4) is 0 Å². The Balaban J connectivity index is 1.54. The molecule has 10 fully saturated rings. The molecule has 22 heavy (non-hydrogen) atoms. The molecule has 0 amide bonds. The Morgan fingerprint density at radius 1 is 0.909 bits per heavy atom. The molecule has 0 saturated carbocycles. The number of carbonyl (C=O) groups is 2. The van der Waals surface area contributed by atoms with E-state index >= 15 is 0 Å². The van der Waals surface area contributed by atoms with Gasteiger partial charge >= 0.3 is 122 Å². The molecule has 2 nitrogen and oxygen atoms in total. The molecule has 0 aromatic rings. The first-order valence-electron chi connectivity index (χ1n) is 9.15. The van der Waals surface area contributed by atoms with Crippen molar-refractivity contribution >= 4 is 19.6 Å². The number of ketones is 2. The van der Waals surface area contributed by atoms with Crippen molar-refractivity contribution in [3.05, 3.63) is 0 Å². The third-order valence-electron chi connectivity index (χ3n) is 17.1. The summed E-state index contributed by atoms with van der Waals surface area (Å²) >= 11 is 0. The van der Waals surface area contributed by atoms with E-state index in [-0.39, 0.29) is 8.63 Å². The molecule has 120 valence electrons. The number of rotatable bonds is 4. The van der Waals surface area contributed by atoms with Crippen molar-refractivity contribution < 1.29 is 16.1 Å². The molecule has 9 atom stereocenters. The summed E-state index contributed by atoms with van der Waals surface area (Å²) in [6, 6.07) is 1.43. The molecule has 10 heterocycles. The second-order valence-corrected chi connectivity index (χ2v) is 42.3. The summed E-state index contributed by atoms with van der Waals surface area (Å²) < 4.78 is 0.978. The van der Waals surface area contributed by atoms with Crippen molar-refractivity contribution in [2.24, 2.45) is 0 Å². The van der Waals surface area contributed by atoms with Crippen molar-refractivity contribution in [2.75, 3.05) is 0 Å². The maximum absolute atomic E-state index is 13.2. The predicted octanol–water partition coefficient (Wildman–Crippen LogP) is 5.00. The van der Waals surface area contributed by atoms with Crippen LogP contribution in [0, 0.1) is 0 Å². The predicted molar refractivity (Wildman–Crippen MR) is 83.8 cm³/mol. The van der Waals surface area contributed by atoms with E-state index in [9.17, 15) is 9.59 Å². The molecule has 0 radical (unpaired) electrons. The Morgan fingerprint density at radius 2 is 1.50 bits per heavy atom. The molecule has 9 unspecified atom stereocenters. The van der Waals surface area contributed by atoms with Crippen LogP contribution in [-0.4, -0.2) is 19.6 Å². The fourth-order valence-electron chi connectivity index (χ4n) is 20.6. The molecular weight excluding hydrogens is 332 g/mol. The third-order valence-corrected chi connectivity index (χ3v) is 63.0. The van der Waals surface area contributed by atoms with E-state index < -0.39 is 14.6 Å². The Morgan fingerprint density at radius 3 is 1.82 bits per heavy atom. The van der Waals surface area contributed by atoms with Crippen LogP contribution in [0.4, 0.5) is 0 Å². The van der Waals surface area contributed by atoms with Gasteiger partial charge in [-0.3, -0.25) is 0 Å². The fourth-order valence-corrected chi connectivity index (χ4v) is 106. The number of hydrogen-bond donors (Lipinski definition) is 0. The molecule has 0 bridgehead atoms. The second-order valence-electron chi connectivity index (χ2n) is 13.8. The minimum absolute atomic E-state index is 0.216. The van der Waals surface area contributed by atoms with Gasteiger partial charge in [-0.1, -0.05) is 0 Å². The molecule has 10 aliphatic rings. The van der Waals surface area contributed by atoms with Gasteiger partial charge in [0.05, 0.1) is 0 Å². The average Bonchev–Trinajstić information content (AvgIpc) is 3.30. The van der Waals surface area contributed by atoms with Crippen molar-refractivity contribution in [3.63, 3.8) is 0 Å². The van der Waals surface area contributed by atoms with E-state index in [4.69, 9.17) is 0 Å². The summed E-state index contributed by atoms with van der Waals surface area (Å²) in [6.07, 6.45) is 0. The van der Waals surface area contributed by atoms with Crippen LogP contribution < -0.4 is 0 Å². The molecule has 0 N–H and O–H groups in total. The normalized spacial score (nSPS) is 102. The van der Waals surface area contributed by atoms with E-state index in [0.717, 1.165) is 33.7 Å². The van der Waals surface area contributed by atoms with Crippen molar-refractivity contribution in [2.45, 2.75) is 86.2 Å². The molecule has 0 aromatic carbocycles. The molecule has 4 heteroatoms. The summed E-state index contributed by atoms with van der Waals surface area (Å²) in [6.45, 7) is 7.53. The summed E-state index contributed by atoms with van der Waals surface area (Å²) in [5.41, 5.74) is 0. The first-order valence-corrected chi connectivity index (χ1v) is 19.0. The van der Waals surface area contributed by atoms with E-state index in [1.165, 1.54) is 6.04 Å². The third kappa shape index (κ3) is 0.110. The van der Waals surface area contributed by atoms with Crippen molar-refractivity contribution in [1.82, 2.24) is 0 Å². The van der Waals surface area contributed by atoms with Crippen LogP contribution in [0.3, 0.4) is 0 Å². The summed E-state index contributed by atoms with van der Waals surface area (Å²) in [5.74, 6) is 1.20. The van der Waals surface area contributed by atoms with Crippen LogP contribution in [0.1, 0.15) is 13.8 Å². The first-order chi connectivity index (χ1) is 9.92. The number of Topliss-reactive ketones (excluding diaryl/α,β-unsaturated/α-hetero) is 2. The van der Waals surface area contributed by atoms with Gasteiger partial charge in [0.2, 0.25) is 0 Å². The van der Waals surface area contributed by atoms with Gasteiger partial charge in [-0.05, 0) is 0 Å². The van der Waals surface area contributed by atoms with Crippen LogP contribution in [-0.2, 0) is 16.1 Å². The molecule has 10 saturated heterocycles. The van der Waals surface area contributed by atoms with Gasteiger partial charge in [-0.25, -0.2) is 0 Å². The standard InChI is InChI=1S/C11H17OSi.C7H7O.Fe/c1-9(12)11-7-5-6-10(11)8-13(2,3)4;1-6(8)7-4-2-3-5-7;/h5-7H,8H2,1-4H3;2-5H,1H3;. The van der Waals surface area contributed by atoms with Gasteiger partial charge < -0.3 is 0 Å². The van der Waals surface area contributed by atoms with Gasteiger partial charge in [0, 0.05) is 0 Å². The molecule has 0 aliphatic carbocycles. The van der Waals surface area contributed by atoms with Crippen LogP contribution in [0.2, 0.25) is 72.3 Å². The SMILES string of the molecule is CC(=O)[C]12[CH]3[CH]4[CH]5[CH]1[Fe]45321678[CH]2[CH]1[C]6(C[Si](C)(C)C)[C]7(C(C)=O)[CH]28. The van der Waals surface area contributed by atoms with E-state index in [2.05, 4.69) is 19.6 Å². The average molecular weight is 356 g/mol. The molecule has 1 spiro atoms. The number of fused-ring (bicyclic) bond motifs is 10. The van der Waals surface area contributed by atoms with Gasteiger partial charge in [0.25, 0.3) is 0 Å². The van der Waals surface area contributed by atoms with Crippen molar-refractivity contribution in [1.29, 1.82) is 0 Å². The Hall–Kier alpha value is 0.0764. The Kier molecular flexibility index (Phi) is 0.416. The van der Waals surface area contributed by atoms with Gasteiger partial charge in [-0.15, -0.1) is 0 Å². The minimum atomic E-state index is -3.94. The Bertz CT molecular complexity index is 1280. The number of hydrogen-bond acceptors (Lipinski definition) is 2. The summed E-state index contributed by atoms with van der Waals surface area (Å²) in [4.78, 5) is 33.0. The zero-order valence-corrected chi connectivity index (χ0v) is 16.0. The van der Waals surface area contributed by atoms with E-state index in [1.807, 2.05) is 13.8 Å². The van der Waals surface area contributed by atoms with Gasteiger partial charge in [-0.2, -0.15) is 0 Å². The van der Waals surface area contributed by atoms with Gasteiger partial charge in [0.15, 0.2) is 0 Å². The van der Waals surface area contributed by atoms with Crippen LogP contribution in [0.5, 0.6) is 0 Å². The van der Waals surface area contributed by atoms with Gasteiger partial charge in [0.1, 0.15) is 0 Å². The second kappa shape index (κ2) is 0.901. The Labute approximate surface area is 122 Å². The van der Waals surface area contributed by atoms with Crippen LogP contribution in [0.15, 0.2) is 0 Å². The van der Waals surface area contributed by atoms with E-state index in [0.29, 0.717) is 15.9 Å². The first kappa shape index (κ1) is 10.2. The quantitative estimate of drug-likeness (QED) is 0.664. The summed E-state index contributed by atoms with van der Waals surface area (Å²) in [7, 11) is -1.21. The molecule has 10 aliphatic heterocycles. The van der Waals surface area contributed by atoms with Crippen LogP contribution >= 0.6 is 0 Å². The van der Waals surface area contributed by atoms with E-state index in [1.54, 1.807) is 0 Å². The molecule has 0 aromatic heterocycles. The maximum atomic E-state index is 13.2. The zero-order chi connectivity index (χ0) is 15.2. The monoisotopic (exact) mass is 356 g/mol.